The Balaban J connectivity index is 2.24. The highest BCUT2D eigenvalue weighted by molar-refractivity contribution is 4.81. The van der Waals surface area contributed by atoms with E-state index in [9.17, 15) is 0 Å². The smallest absolute Gasteiger partial charge is 0.0126 e. The first kappa shape index (κ1) is 13.0. The molecule has 1 fully saturated rings. The van der Waals surface area contributed by atoms with Crippen molar-refractivity contribution < 1.29 is 0 Å². The molecule has 1 aliphatic heterocycles. The van der Waals surface area contributed by atoms with E-state index in [1.807, 2.05) is 0 Å². The average Bonchev–Trinajstić information content (AvgIpc) is 2.14. The minimum Gasteiger partial charge on any atom is -0.301 e. The highest BCUT2D eigenvalue weighted by Gasteiger charge is 2.25. The van der Waals surface area contributed by atoms with Gasteiger partial charge in [0, 0.05) is 31.7 Å². The van der Waals surface area contributed by atoms with E-state index in [-0.39, 0.29) is 0 Å². The van der Waals surface area contributed by atoms with Crippen LogP contribution < -0.4 is 0 Å². The fourth-order valence-corrected chi connectivity index (χ4v) is 2.08. The molecular weight excluding hydrogens is 184 g/mol. The van der Waals surface area contributed by atoms with Crippen LogP contribution in [0.3, 0.4) is 0 Å². The van der Waals surface area contributed by atoms with E-state index in [1.165, 1.54) is 39.1 Å². The van der Waals surface area contributed by atoms with Crippen molar-refractivity contribution in [2.45, 2.75) is 46.6 Å². The molecule has 0 radical (unpaired) electrons. The maximum Gasteiger partial charge on any atom is 0.0126 e. The fourth-order valence-electron chi connectivity index (χ4n) is 2.08. The summed E-state index contributed by atoms with van der Waals surface area (Å²) >= 11 is 0. The van der Waals surface area contributed by atoms with E-state index in [1.54, 1.807) is 0 Å². The van der Waals surface area contributed by atoms with Gasteiger partial charge in [0.15, 0.2) is 0 Å². The second-order valence-electron chi connectivity index (χ2n) is 6.18. The highest BCUT2D eigenvalue weighted by Crippen LogP contribution is 2.16. The van der Waals surface area contributed by atoms with Crippen molar-refractivity contribution in [2.24, 2.45) is 5.92 Å². The maximum absolute atomic E-state index is 2.61. The minimum absolute atomic E-state index is 0.351. The van der Waals surface area contributed by atoms with Gasteiger partial charge in [-0.25, -0.2) is 0 Å². The van der Waals surface area contributed by atoms with Gasteiger partial charge >= 0.3 is 0 Å². The summed E-state index contributed by atoms with van der Waals surface area (Å²) in [5.74, 6) is 0.839. The summed E-state index contributed by atoms with van der Waals surface area (Å²) in [6.07, 6.45) is 1.34. The van der Waals surface area contributed by atoms with Gasteiger partial charge in [-0.3, -0.25) is 4.90 Å². The van der Waals surface area contributed by atoms with Crippen molar-refractivity contribution >= 4 is 0 Å². The zero-order chi connectivity index (χ0) is 11.5. The monoisotopic (exact) mass is 212 g/mol. The zero-order valence-corrected chi connectivity index (χ0v) is 11.2. The third-order valence-electron chi connectivity index (χ3n) is 3.34. The van der Waals surface area contributed by atoms with Gasteiger partial charge < -0.3 is 4.90 Å². The summed E-state index contributed by atoms with van der Waals surface area (Å²) in [4.78, 5) is 5.21. The Morgan fingerprint density at radius 3 is 1.93 bits per heavy atom. The Hall–Kier alpha value is -0.0800. The highest BCUT2D eigenvalue weighted by atomic mass is 15.3. The SMILES string of the molecule is CC(C)CCN1CCN(C(C)(C)C)CC1. The quantitative estimate of drug-likeness (QED) is 0.709. The summed E-state index contributed by atoms with van der Waals surface area (Å²) in [6, 6.07) is 0. The number of rotatable bonds is 3. The summed E-state index contributed by atoms with van der Waals surface area (Å²) < 4.78 is 0. The maximum atomic E-state index is 2.61. The summed E-state index contributed by atoms with van der Waals surface area (Å²) in [5, 5.41) is 0. The molecule has 1 aliphatic rings. The van der Waals surface area contributed by atoms with Gasteiger partial charge in [0.1, 0.15) is 0 Å². The van der Waals surface area contributed by atoms with Crippen LogP contribution in [0.1, 0.15) is 41.0 Å². The summed E-state index contributed by atoms with van der Waals surface area (Å²) in [5.41, 5.74) is 0.351. The molecule has 0 aromatic rings. The second kappa shape index (κ2) is 5.31. The van der Waals surface area contributed by atoms with Crippen LogP contribution in [0.2, 0.25) is 0 Å². The largest absolute Gasteiger partial charge is 0.301 e. The van der Waals surface area contributed by atoms with Crippen molar-refractivity contribution in [3.63, 3.8) is 0 Å². The Morgan fingerprint density at radius 2 is 1.53 bits per heavy atom. The molecule has 2 nitrogen and oxygen atoms in total. The van der Waals surface area contributed by atoms with Crippen LogP contribution in [0.25, 0.3) is 0 Å². The lowest BCUT2D eigenvalue weighted by Gasteiger charge is -2.42. The van der Waals surface area contributed by atoms with Gasteiger partial charge in [-0.15, -0.1) is 0 Å². The molecule has 1 saturated heterocycles. The van der Waals surface area contributed by atoms with E-state index in [2.05, 4.69) is 44.4 Å². The van der Waals surface area contributed by atoms with Crippen molar-refractivity contribution in [3.05, 3.63) is 0 Å². The van der Waals surface area contributed by atoms with Gasteiger partial charge in [-0.05, 0) is 39.7 Å². The van der Waals surface area contributed by atoms with Gasteiger partial charge in [0.05, 0.1) is 0 Å². The minimum atomic E-state index is 0.351. The number of nitrogens with zero attached hydrogens (tertiary/aromatic N) is 2. The lowest BCUT2D eigenvalue weighted by atomic mass is 10.0. The first-order valence-corrected chi connectivity index (χ1v) is 6.37. The van der Waals surface area contributed by atoms with E-state index < -0.39 is 0 Å². The van der Waals surface area contributed by atoms with Crippen LogP contribution in [0.4, 0.5) is 0 Å². The van der Waals surface area contributed by atoms with Crippen LogP contribution in [-0.4, -0.2) is 48.1 Å². The van der Waals surface area contributed by atoms with Crippen LogP contribution in [0, 0.1) is 5.92 Å². The topological polar surface area (TPSA) is 6.48 Å². The molecule has 1 heterocycles. The number of hydrogen-bond acceptors (Lipinski definition) is 2. The predicted octanol–water partition coefficient (Wildman–Crippen LogP) is 2.45. The Kier molecular flexibility index (Phi) is 4.60. The predicted molar refractivity (Wildman–Crippen MR) is 67.2 cm³/mol. The number of piperazine rings is 1. The van der Waals surface area contributed by atoms with Crippen molar-refractivity contribution in [1.82, 2.24) is 9.80 Å². The van der Waals surface area contributed by atoms with Gasteiger partial charge in [0.2, 0.25) is 0 Å². The number of hydrogen-bond donors (Lipinski definition) is 0. The first-order valence-electron chi connectivity index (χ1n) is 6.37. The zero-order valence-electron chi connectivity index (χ0n) is 11.2. The molecule has 0 amide bonds. The van der Waals surface area contributed by atoms with Gasteiger partial charge in [0.25, 0.3) is 0 Å². The third-order valence-corrected chi connectivity index (χ3v) is 3.34. The van der Waals surface area contributed by atoms with Crippen molar-refractivity contribution in [2.75, 3.05) is 32.7 Å². The lowest BCUT2D eigenvalue weighted by molar-refractivity contribution is 0.0604. The van der Waals surface area contributed by atoms with Gasteiger partial charge in [-0.2, -0.15) is 0 Å². The molecular formula is C13H28N2. The molecule has 2 heteroatoms. The Bertz CT molecular complexity index is 173. The summed E-state index contributed by atoms with van der Waals surface area (Å²) in [6.45, 7) is 17.8. The van der Waals surface area contributed by atoms with Crippen LogP contribution in [0.15, 0.2) is 0 Å². The van der Waals surface area contributed by atoms with E-state index in [0.717, 1.165) is 5.92 Å². The fraction of sp³-hybridized carbons (Fsp3) is 1.00. The molecule has 15 heavy (non-hydrogen) atoms. The first-order chi connectivity index (χ1) is 6.89. The van der Waals surface area contributed by atoms with Crippen molar-refractivity contribution in [1.29, 1.82) is 0 Å². The molecule has 0 aliphatic carbocycles. The summed E-state index contributed by atoms with van der Waals surface area (Å²) in [7, 11) is 0. The molecule has 0 N–H and O–H groups in total. The molecule has 0 aromatic carbocycles. The Labute approximate surface area is 95.6 Å². The molecule has 0 unspecified atom stereocenters. The molecule has 0 bridgehead atoms. The normalized spacial score (nSPS) is 21.2. The van der Waals surface area contributed by atoms with E-state index in [4.69, 9.17) is 0 Å². The van der Waals surface area contributed by atoms with Crippen LogP contribution in [-0.2, 0) is 0 Å². The average molecular weight is 212 g/mol. The molecule has 0 atom stereocenters. The molecule has 0 spiro atoms. The Morgan fingerprint density at radius 1 is 1.00 bits per heavy atom. The molecule has 0 saturated carbocycles. The van der Waals surface area contributed by atoms with Gasteiger partial charge in [-0.1, -0.05) is 13.8 Å². The molecule has 0 aromatic heterocycles. The lowest BCUT2D eigenvalue weighted by Crippen LogP contribution is -2.53. The second-order valence-corrected chi connectivity index (χ2v) is 6.18. The van der Waals surface area contributed by atoms with E-state index >= 15 is 0 Å². The third kappa shape index (κ3) is 4.52. The van der Waals surface area contributed by atoms with Crippen LogP contribution in [0.5, 0.6) is 0 Å². The standard InChI is InChI=1S/C13H28N2/c1-12(2)6-7-14-8-10-15(11-9-14)13(3,4)5/h12H,6-11H2,1-5H3. The molecule has 1 rings (SSSR count). The molecule has 90 valence electrons. The van der Waals surface area contributed by atoms with Crippen molar-refractivity contribution in [3.8, 4) is 0 Å². The van der Waals surface area contributed by atoms with E-state index in [0.29, 0.717) is 5.54 Å². The van der Waals surface area contributed by atoms with Crippen LogP contribution >= 0.6 is 0 Å².